The number of aromatic hydroxyl groups is 1. The third kappa shape index (κ3) is 3.24. The maximum atomic E-state index is 10.3. The molecule has 5 nitrogen and oxygen atoms in total. The van der Waals surface area contributed by atoms with Crippen molar-refractivity contribution in [2.45, 2.75) is 17.6 Å². The summed E-state index contributed by atoms with van der Waals surface area (Å²) in [6.07, 6.45) is 0.702. The Kier molecular flexibility index (Phi) is 4.61. The Hall–Kier alpha value is -1.63. The first-order valence-electron chi connectivity index (χ1n) is 7.40. The molecule has 1 atom stereocenters. The third-order valence-corrected chi connectivity index (χ3v) is 4.31. The summed E-state index contributed by atoms with van der Waals surface area (Å²) in [5.41, 5.74) is 2.51. The molecule has 2 N–H and O–H groups in total. The first-order chi connectivity index (χ1) is 10.6. The minimum atomic E-state index is 0.0258. The lowest BCUT2D eigenvalue weighted by atomic mass is 9.99. The van der Waals surface area contributed by atoms with Gasteiger partial charge in [-0.2, -0.15) is 4.98 Å². The second-order valence-corrected chi connectivity index (χ2v) is 5.98. The molecule has 22 heavy (non-hydrogen) atoms. The van der Waals surface area contributed by atoms with Gasteiger partial charge in [0.05, 0.1) is 5.69 Å². The van der Waals surface area contributed by atoms with Crippen molar-refractivity contribution < 1.29 is 5.11 Å². The van der Waals surface area contributed by atoms with E-state index in [1.807, 2.05) is 30.3 Å². The molecule has 1 aliphatic rings. The van der Waals surface area contributed by atoms with Gasteiger partial charge in [0.15, 0.2) is 5.16 Å². The Morgan fingerprint density at radius 2 is 2.09 bits per heavy atom. The predicted octanol–water partition coefficient (Wildman–Crippen LogP) is 1.58. The molecule has 1 aromatic carbocycles. The van der Waals surface area contributed by atoms with Crippen LogP contribution in [0.15, 0.2) is 35.5 Å². The van der Waals surface area contributed by atoms with Gasteiger partial charge in [0.1, 0.15) is 0 Å². The number of rotatable bonds is 3. The summed E-state index contributed by atoms with van der Waals surface area (Å²) in [5, 5.41) is 14.0. The average molecular weight is 316 g/mol. The van der Waals surface area contributed by atoms with E-state index in [1.54, 1.807) is 0 Å². The molecule has 1 aromatic heterocycles. The van der Waals surface area contributed by atoms with Crippen molar-refractivity contribution in [3.63, 3.8) is 0 Å². The van der Waals surface area contributed by atoms with Crippen LogP contribution in [0, 0.1) is 0 Å². The quantitative estimate of drug-likeness (QED) is 0.593. The fourth-order valence-corrected chi connectivity index (χ4v) is 3.00. The fraction of sp³-hybridized carbons (Fsp3) is 0.375. The summed E-state index contributed by atoms with van der Waals surface area (Å²) >= 11 is 4.20. The van der Waals surface area contributed by atoms with Gasteiger partial charge in [-0.15, -0.1) is 12.6 Å². The second-order valence-electron chi connectivity index (χ2n) is 5.58. The second kappa shape index (κ2) is 6.64. The van der Waals surface area contributed by atoms with Gasteiger partial charge in [-0.3, -0.25) is 0 Å². The number of hydrogen-bond donors (Lipinski definition) is 3. The van der Waals surface area contributed by atoms with E-state index in [0.717, 1.165) is 36.5 Å². The molecular weight excluding hydrogens is 296 g/mol. The lowest BCUT2D eigenvalue weighted by Gasteiger charge is -2.33. The highest BCUT2D eigenvalue weighted by Gasteiger charge is 2.23. The van der Waals surface area contributed by atoms with Gasteiger partial charge >= 0.3 is 0 Å². The molecule has 0 bridgehead atoms. The van der Waals surface area contributed by atoms with Gasteiger partial charge in [0.2, 0.25) is 5.88 Å². The van der Waals surface area contributed by atoms with E-state index in [9.17, 15) is 5.11 Å². The van der Waals surface area contributed by atoms with E-state index in [2.05, 4.69) is 39.9 Å². The largest absolute Gasteiger partial charge is 0.493 e. The summed E-state index contributed by atoms with van der Waals surface area (Å²) in [5.74, 6) is 0.0258. The number of piperazine rings is 1. The van der Waals surface area contributed by atoms with Crippen molar-refractivity contribution in [1.29, 1.82) is 0 Å². The molecule has 6 heteroatoms. The van der Waals surface area contributed by atoms with Crippen molar-refractivity contribution in [2.75, 3.05) is 26.7 Å². The van der Waals surface area contributed by atoms with Gasteiger partial charge < -0.3 is 15.3 Å². The Morgan fingerprint density at radius 1 is 1.32 bits per heavy atom. The summed E-state index contributed by atoms with van der Waals surface area (Å²) in [7, 11) is 2.11. The summed E-state index contributed by atoms with van der Waals surface area (Å²) in [4.78, 5) is 10.8. The first kappa shape index (κ1) is 15.3. The van der Waals surface area contributed by atoms with Crippen molar-refractivity contribution in [1.82, 2.24) is 20.2 Å². The summed E-state index contributed by atoms with van der Waals surface area (Å²) in [6, 6.07) is 10.2. The summed E-state index contributed by atoms with van der Waals surface area (Å²) in [6.45, 7) is 2.89. The van der Waals surface area contributed by atoms with Gasteiger partial charge in [-0.05, 0) is 13.5 Å². The number of benzene rings is 1. The molecule has 1 aliphatic heterocycles. The highest BCUT2D eigenvalue weighted by Crippen LogP contribution is 2.30. The van der Waals surface area contributed by atoms with Crippen LogP contribution in [0.5, 0.6) is 5.88 Å². The van der Waals surface area contributed by atoms with E-state index >= 15 is 0 Å². The minimum Gasteiger partial charge on any atom is -0.493 e. The number of thiol groups is 1. The molecular formula is C16H20N4OS. The molecule has 0 aliphatic carbocycles. The van der Waals surface area contributed by atoms with Gasteiger partial charge in [0, 0.05) is 36.8 Å². The third-order valence-electron chi connectivity index (χ3n) is 4.11. The molecule has 0 radical (unpaired) electrons. The predicted molar refractivity (Wildman–Crippen MR) is 89.4 cm³/mol. The van der Waals surface area contributed by atoms with Crippen molar-refractivity contribution in [3.8, 4) is 17.1 Å². The molecule has 0 saturated carbocycles. The number of likely N-dealkylation sites (N-methyl/N-ethyl adjacent to an activating group) is 1. The monoisotopic (exact) mass is 316 g/mol. The van der Waals surface area contributed by atoms with Crippen molar-refractivity contribution in [3.05, 3.63) is 35.9 Å². The van der Waals surface area contributed by atoms with E-state index in [4.69, 9.17) is 0 Å². The van der Waals surface area contributed by atoms with Crippen LogP contribution >= 0.6 is 12.6 Å². The first-order valence-corrected chi connectivity index (χ1v) is 7.85. The van der Waals surface area contributed by atoms with Gasteiger partial charge in [0.25, 0.3) is 0 Å². The SMILES string of the molecule is CN1CCNCC1Cc1c(O)nc(S)nc1-c1ccccc1. The molecule has 1 fully saturated rings. The van der Waals surface area contributed by atoms with Gasteiger partial charge in [-0.25, -0.2) is 4.98 Å². The zero-order chi connectivity index (χ0) is 15.5. The molecule has 2 aromatic rings. The van der Waals surface area contributed by atoms with Crippen LogP contribution in [0.3, 0.4) is 0 Å². The Morgan fingerprint density at radius 3 is 2.82 bits per heavy atom. The van der Waals surface area contributed by atoms with E-state index < -0.39 is 0 Å². The van der Waals surface area contributed by atoms with Crippen LogP contribution in [-0.4, -0.2) is 52.7 Å². The topological polar surface area (TPSA) is 61.3 Å². The highest BCUT2D eigenvalue weighted by molar-refractivity contribution is 7.80. The van der Waals surface area contributed by atoms with Gasteiger partial charge in [-0.1, -0.05) is 30.3 Å². The summed E-state index contributed by atoms with van der Waals surface area (Å²) < 4.78 is 0. The Balaban J connectivity index is 1.99. The standard InChI is InChI=1S/C16H20N4OS/c1-20-8-7-17-10-12(20)9-13-14(11-5-3-2-4-6-11)18-16(22)19-15(13)21/h2-6,12,17H,7-10H2,1H3,(H2,18,19,21,22). The highest BCUT2D eigenvalue weighted by atomic mass is 32.1. The Labute approximate surface area is 135 Å². The lowest BCUT2D eigenvalue weighted by molar-refractivity contribution is 0.198. The smallest absolute Gasteiger partial charge is 0.218 e. The van der Waals surface area contributed by atoms with Crippen molar-refractivity contribution >= 4 is 12.6 Å². The number of nitrogens with zero attached hydrogens (tertiary/aromatic N) is 3. The zero-order valence-corrected chi connectivity index (χ0v) is 13.4. The van der Waals surface area contributed by atoms with E-state index in [1.165, 1.54) is 0 Å². The fourth-order valence-electron chi connectivity index (χ4n) is 2.81. The van der Waals surface area contributed by atoms with Crippen LogP contribution in [-0.2, 0) is 6.42 Å². The van der Waals surface area contributed by atoms with E-state index in [0.29, 0.717) is 12.5 Å². The van der Waals surface area contributed by atoms with Crippen molar-refractivity contribution in [2.24, 2.45) is 0 Å². The molecule has 2 heterocycles. The maximum absolute atomic E-state index is 10.3. The average Bonchev–Trinajstić information content (AvgIpc) is 2.52. The molecule has 116 valence electrons. The lowest BCUT2D eigenvalue weighted by Crippen LogP contribution is -2.50. The number of aromatic nitrogens is 2. The van der Waals surface area contributed by atoms with Crippen LogP contribution in [0.1, 0.15) is 5.56 Å². The Bertz CT molecular complexity index is 650. The van der Waals surface area contributed by atoms with Crippen LogP contribution in [0.4, 0.5) is 0 Å². The molecule has 0 amide bonds. The normalized spacial score (nSPS) is 19.3. The number of hydrogen-bond acceptors (Lipinski definition) is 6. The molecule has 3 rings (SSSR count). The van der Waals surface area contributed by atoms with Crippen LogP contribution in [0.2, 0.25) is 0 Å². The van der Waals surface area contributed by atoms with Crippen LogP contribution < -0.4 is 5.32 Å². The minimum absolute atomic E-state index is 0.0258. The van der Waals surface area contributed by atoms with Crippen LogP contribution in [0.25, 0.3) is 11.3 Å². The zero-order valence-electron chi connectivity index (χ0n) is 12.5. The molecule has 1 unspecified atom stereocenters. The maximum Gasteiger partial charge on any atom is 0.218 e. The molecule has 0 spiro atoms. The molecule has 1 saturated heterocycles. The van der Waals surface area contributed by atoms with E-state index in [-0.39, 0.29) is 11.0 Å². The number of nitrogens with one attached hydrogen (secondary N) is 1.